The van der Waals surface area contributed by atoms with E-state index < -0.39 is 21.6 Å². The zero-order valence-corrected chi connectivity index (χ0v) is 16.9. The SMILES string of the molecule is Cc1ccc(S(=O)(=O)NN2C(=O)C(CC(C)C)n3nnnc3C2(C)C)cc1. The molecule has 1 aromatic heterocycles. The minimum absolute atomic E-state index is 0.0854. The van der Waals surface area contributed by atoms with Crippen LogP contribution in [0.15, 0.2) is 29.2 Å². The molecule has 1 aliphatic heterocycles. The van der Waals surface area contributed by atoms with Gasteiger partial charge in [-0.15, -0.1) is 9.93 Å². The molecule has 1 aliphatic rings. The summed E-state index contributed by atoms with van der Waals surface area (Å²) >= 11 is 0. The predicted molar refractivity (Wildman–Crippen MR) is 97.7 cm³/mol. The van der Waals surface area contributed by atoms with Gasteiger partial charge in [-0.05, 0) is 55.7 Å². The maximum atomic E-state index is 13.2. The normalized spacial score (nSPS) is 19.4. The van der Waals surface area contributed by atoms with E-state index in [2.05, 4.69) is 20.4 Å². The molecular formula is C17H24N6O3S. The number of nitrogens with zero attached hydrogens (tertiary/aromatic N) is 5. The fourth-order valence-electron chi connectivity index (χ4n) is 3.13. The van der Waals surface area contributed by atoms with Crippen molar-refractivity contribution >= 4 is 15.9 Å². The van der Waals surface area contributed by atoms with E-state index in [1.54, 1.807) is 26.0 Å². The maximum absolute atomic E-state index is 13.2. The fourth-order valence-corrected chi connectivity index (χ4v) is 4.29. The van der Waals surface area contributed by atoms with E-state index >= 15 is 0 Å². The molecule has 0 radical (unpaired) electrons. The van der Waals surface area contributed by atoms with Crippen LogP contribution in [0.2, 0.25) is 0 Å². The average molecular weight is 392 g/mol. The summed E-state index contributed by atoms with van der Waals surface area (Å²) in [5, 5.41) is 12.8. The molecule has 1 atom stereocenters. The number of benzene rings is 1. The van der Waals surface area contributed by atoms with Gasteiger partial charge in [-0.25, -0.2) is 18.1 Å². The highest BCUT2D eigenvalue weighted by atomic mass is 32.2. The van der Waals surface area contributed by atoms with Crippen LogP contribution in [-0.4, -0.2) is 39.5 Å². The average Bonchev–Trinajstić information content (AvgIpc) is 3.07. The van der Waals surface area contributed by atoms with E-state index in [1.807, 2.05) is 20.8 Å². The molecule has 3 rings (SSSR count). The van der Waals surface area contributed by atoms with Crippen molar-refractivity contribution in [3.05, 3.63) is 35.7 Å². The molecule has 10 heteroatoms. The standard InChI is InChI=1S/C17H24N6O3S/c1-11(2)10-14-15(24)23(17(4,5)16-18-19-20-22(14)16)21-27(25,26)13-8-6-12(3)7-9-13/h6-9,11,14,21H,10H2,1-5H3. The Hall–Kier alpha value is -2.33. The summed E-state index contributed by atoms with van der Waals surface area (Å²) in [6.45, 7) is 9.25. The van der Waals surface area contributed by atoms with Gasteiger partial charge >= 0.3 is 0 Å². The Bertz CT molecular complexity index is 949. The van der Waals surface area contributed by atoms with E-state index in [1.165, 1.54) is 16.8 Å². The van der Waals surface area contributed by atoms with Crippen LogP contribution in [0, 0.1) is 12.8 Å². The molecule has 0 bridgehead atoms. The number of aryl methyl sites for hydroxylation is 1. The number of aromatic nitrogens is 4. The van der Waals surface area contributed by atoms with Gasteiger partial charge in [0, 0.05) is 0 Å². The fraction of sp³-hybridized carbons (Fsp3) is 0.529. The van der Waals surface area contributed by atoms with Crippen molar-refractivity contribution in [3.63, 3.8) is 0 Å². The molecule has 0 fully saturated rings. The van der Waals surface area contributed by atoms with E-state index in [0.29, 0.717) is 12.2 Å². The van der Waals surface area contributed by atoms with Gasteiger partial charge in [0.25, 0.3) is 15.9 Å². The number of carbonyl (C=O) groups is 1. The first kappa shape index (κ1) is 19.4. The van der Waals surface area contributed by atoms with Gasteiger partial charge in [0.2, 0.25) is 0 Å². The van der Waals surface area contributed by atoms with Gasteiger partial charge < -0.3 is 0 Å². The quantitative estimate of drug-likeness (QED) is 0.826. The first-order valence-corrected chi connectivity index (χ1v) is 10.2. The molecule has 0 spiro atoms. The van der Waals surface area contributed by atoms with Crippen molar-refractivity contribution < 1.29 is 13.2 Å². The van der Waals surface area contributed by atoms with E-state index in [-0.39, 0.29) is 16.7 Å². The van der Waals surface area contributed by atoms with Crippen LogP contribution >= 0.6 is 0 Å². The molecule has 0 saturated heterocycles. The summed E-state index contributed by atoms with van der Waals surface area (Å²) in [5.41, 5.74) is -0.106. The molecule has 27 heavy (non-hydrogen) atoms. The molecule has 1 unspecified atom stereocenters. The second-order valence-electron chi connectivity index (χ2n) is 7.73. The highest BCUT2D eigenvalue weighted by Gasteiger charge is 2.48. The minimum Gasteiger partial charge on any atom is -0.271 e. The molecule has 9 nitrogen and oxygen atoms in total. The Morgan fingerprint density at radius 3 is 2.44 bits per heavy atom. The van der Waals surface area contributed by atoms with Gasteiger partial charge in [0.05, 0.1) is 4.90 Å². The third kappa shape index (κ3) is 3.46. The molecule has 0 aliphatic carbocycles. The zero-order chi connectivity index (χ0) is 20.0. The lowest BCUT2D eigenvalue weighted by Crippen LogP contribution is -2.61. The van der Waals surface area contributed by atoms with E-state index in [0.717, 1.165) is 10.6 Å². The Morgan fingerprint density at radius 1 is 1.22 bits per heavy atom. The van der Waals surface area contributed by atoms with Gasteiger partial charge in [0.15, 0.2) is 5.82 Å². The van der Waals surface area contributed by atoms with Gasteiger partial charge in [-0.3, -0.25) is 4.79 Å². The number of tetrazole rings is 1. The molecule has 146 valence electrons. The predicted octanol–water partition coefficient (Wildman–Crippen LogP) is 1.54. The summed E-state index contributed by atoms with van der Waals surface area (Å²) in [4.78, 5) is 15.7. The lowest BCUT2D eigenvalue weighted by Gasteiger charge is -2.43. The number of carbonyl (C=O) groups excluding carboxylic acids is 1. The third-order valence-corrected chi connectivity index (χ3v) is 5.95. The number of nitrogens with one attached hydrogen (secondary N) is 1. The van der Waals surface area contributed by atoms with E-state index in [9.17, 15) is 13.2 Å². The van der Waals surface area contributed by atoms with Gasteiger partial charge in [-0.2, -0.15) is 0 Å². The van der Waals surface area contributed by atoms with Crippen LogP contribution in [0.4, 0.5) is 0 Å². The van der Waals surface area contributed by atoms with Crippen LogP contribution in [0.25, 0.3) is 0 Å². The molecule has 0 saturated carbocycles. The van der Waals surface area contributed by atoms with Crippen LogP contribution < -0.4 is 4.83 Å². The van der Waals surface area contributed by atoms with Crippen molar-refractivity contribution in [2.75, 3.05) is 0 Å². The summed E-state index contributed by atoms with van der Waals surface area (Å²) in [6, 6.07) is 5.77. The second kappa shape index (κ2) is 6.68. The first-order valence-electron chi connectivity index (χ1n) is 8.75. The molecule has 1 N–H and O–H groups in total. The number of hydrogen-bond acceptors (Lipinski definition) is 6. The summed E-state index contributed by atoms with van der Waals surface area (Å²) in [5.74, 6) is 0.247. The Morgan fingerprint density at radius 2 is 1.85 bits per heavy atom. The number of amides is 1. The smallest absolute Gasteiger partial charge is 0.263 e. The minimum atomic E-state index is -3.94. The van der Waals surface area contributed by atoms with Crippen molar-refractivity contribution in [2.24, 2.45) is 5.92 Å². The van der Waals surface area contributed by atoms with Gasteiger partial charge in [-0.1, -0.05) is 31.5 Å². The molecule has 1 aromatic carbocycles. The van der Waals surface area contributed by atoms with Crippen LogP contribution in [0.1, 0.15) is 51.5 Å². The van der Waals surface area contributed by atoms with Gasteiger partial charge in [0.1, 0.15) is 11.6 Å². The number of hydrogen-bond donors (Lipinski definition) is 1. The summed E-state index contributed by atoms with van der Waals surface area (Å²) < 4.78 is 27.2. The highest BCUT2D eigenvalue weighted by molar-refractivity contribution is 7.89. The number of fused-ring (bicyclic) bond motifs is 1. The molecule has 2 heterocycles. The lowest BCUT2D eigenvalue weighted by molar-refractivity contribution is -0.148. The molecular weight excluding hydrogens is 368 g/mol. The largest absolute Gasteiger partial charge is 0.271 e. The van der Waals surface area contributed by atoms with Crippen LogP contribution in [-0.2, 0) is 20.4 Å². The highest BCUT2D eigenvalue weighted by Crippen LogP contribution is 2.36. The third-order valence-electron chi connectivity index (χ3n) is 4.64. The topological polar surface area (TPSA) is 110 Å². The lowest BCUT2D eigenvalue weighted by atomic mass is 9.95. The van der Waals surface area contributed by atoms with Crippen molar-refractivity contribution in [1.29, 1.82) is 0 Å². The first-order chi connectivity index (χ1) is 12.5. The Labute approximate surface area is 158 Å². The molecule has 1 amide bonds. The summed E-state index contributed by atoms with van der Waals surface area (Å²) in [6.07, 6.45) is 0.496. The number of sulfonamides is 1. The Balaban J connectivity index is 2.01. The summed E-state index contributed by atoms with van der Waals surface area (Å²) in [7, 11) is -3.94. The van der Waals surface area contributed by atoms with Crippen molar-refractivity contribution in [3.8, 4) is 0 Å². The van der Waals surface area contributed by atoms with Crippen molar-refractivity contribution in [1.82, 2.24) is 30.0 Å². The van der Waals surface area contributed by atoms with E-state index in [4.69, 9.17) is 0 Å². The zero-order valence-electron chi connectivity index (χ0n) is 16.0. The molecule has 2 aromatic rings. The Kier molecular flexibility index (Phi) is 4.81. The van der Waals surface area contributed by atoms with Crippen LogP contribution in [0.5, 0.6) is 0 Å². The number of rotatable bonds is 5. The number of hydrazine groups is 1. The van der Waals surface area contributed by atoms with Crippen molar-refractivity contribution in [2.45, 2.75) is 57.5 Å². The monoisotopic (exact) mass is 392 g/mol. The van der Waals surface area contributed by atoms with Crippen LogP contribution in [0.3, 0.4) is 0 Å². The maximum Gasteiger partial charge on any atom is 0.263 e. The second-order valence-corrected chi connectivity index (χ2v) is 9.39.